The van der Waals surface area contributed by atoms with Gasteiger partial charge in [-0.05, 0) is 56.9 Å². The van der Waals surface area contributed by atoms with Crippen molar-refractivity contribution in [2.45, 2.75) is 65.0 Å². The van der Waals surface area contributed by atoms with Crippen molar-refractivity contribution in [2.24, 2.45) is 0 Å². The Morgan fingerprint density at radius 2 is 1.93 bits per heavy atom. The van der Waals surface area contributed by atoms with Gasteiger partial charge in [0.05, 0.1) is 12.3 Å². The van der Waals surface area contributed by atoms with Crippen LogP contribution in [0.4, 0.5) is 0 Å². The minimum Gasteiger partial charge on any atom is -0.494 e. The van der Waals surface area contributed by atoms with E-state index >= 15 is 0 Å². The first-order chi connectivity index (χ1) is 19.3. The number of nitrogens with one attached hydrogen (secondary N) is 2. The highest BCUT2D eigenvalue weighted by Gasteiger charge is 2.39. The van der Waals surface area contributed by atoms with Crippen LogP contribution in [-0.4, -0.2) is 58.0 Å². The van der Waals surface area contributed by atoms with Gasteiger partial charge in [-0.3, -0.25) is 24.5 Å². The van der Waals surface area contributed by atoms with Crippen LogP contribution in [0.15, 0.2) is 33.3 Å². The van der Waals surface area contributed by atoms with E-state index in [0.29, 0.717) is 65.9 Å². The normalized spacial score (nSPS) is 16.7. The van der Waals surface area contributed by atoms with Crippen LogP contribution in [0.1, 0.15) is 76.3 Å². The number of benzene rings is 1. The molecule has 0 aliphatic carbocycles. The third-order valence-corrected chi connectivity index (χ3v) is 7.07. The van der Waals surface area contributed by atoms with Gasteiger partial charge in [0.2, 0.25) is 17.6 Å². The maximum absolute atomic E-state index is 12.8. The molecule has 1 unspecified atom stereocenters. The molecule has 2 aliphatic heterocycles. The van der Waals surface area contributed by atoms with Crippen LogP contribution in [0.25, 0.3) is 11.5 Å². The molecule has 1 saturated heterocycles. The van der Waals surface area contributed by atoms with Gasteiger partial charge >= 0.3 is 0 Å². The van der Waals surface area contributed by atoms with Gasteiger partial charge in [0.15, 0.2) is 5.69 Å². The zero-order valence-electron chi connectivity index (χ0n) is 22.5. The van der Waals surface area contributed by atoms with Crippen LogP contribution >= 0.6 is 0 Å². The predicted molar refractivity (Wildman–Crippen MR) is 140 cm³/mol. The maximum atomic E-state index is 12.8. The molecule has 1 fully saturated rings. The molecule has 4 heterocycles. The Balaban J connectivity index is 1.01. The fraction of sp³-hybridized carbons (Fsp3) is 0.429. The Morgan fingerprint density at radius 1 is 1.10 bits per heavy atom. The molecule has 2 aromatic heterocycles. The SMILES string of the molecule is Cc1cc(-c2onc(C)c2C(=O)NCCCCCCOc2ccc3c(c2)CN(C2CCC(=O)NC2=O)C3=O)no1. The molecule has 5 rings (SSSR count). The fourth-order valence-corrected chi connectivity index (χ4v) is 4.99. The number of aryl methyl sites for hydroxylation is 2. The average Bonchev–Trinajstić information content (AvgIpc) is 3.62. The lowest BCUT2D eigenvalue weighted by Gasteiger charge is -2.29. The van der Waals surface area contributed by atoms with Gasteiger partial charge in [-0.2, -0.15) is 0 Å². The monoisotopic (exact) mass is 549 g/mol. The third-order valence-electron chi connectivity index (χ3n) is 7.07. The van der Waals surface area contributed by atoms with Gasteiger partial charge in [-0.15, -0.1) is 0 Å². The number of imide groups is 1. The summed E-state index contributed by atoms with van der Waals surface area (Å²) in [7, 11) is 0. The van der Waals surface area contributed by atoms with Gasteiger partial charge in [0.25, 0.3) is 11.8 Å². The van der Waals surface area contributed by atoms with Gasteiger partial charge in [-0.25, -0.2) is 0 Å². The van der Waals surface area contributed by atoms with Crippen molar-refractivity contribution in [1.82, 2.24) is 25.8 Å². The average molecular weight is 550 g/mol. The first-order valence-electron chi connectivity index (χ1n) is 13.4. The summed E-state index contributed by atoms with van der Waals surface area (Å²) in [6.45, 7) is 4.83. The number of ether oxygens (including phenoxy) is 1. The summed E-state index contributed by atoms with van der Waals surface area (Å²) < 4.78 is 16.3. The van der Waals surface area contributed by atoms with E-state index in [1.54, 1.807) is 32.0 Å². The minimum atomic E-state index is -0.632. The van der Waals surface area contributed by atoms with Gasteiger partial charge < -0.3 is 24.0 Å². The number of piperidine rings is 1. The number of hydrogen-bond donors (Lipinski definition) is 2. The number of aromatic nitrogens is 2. The Hall–Kier alpha value is -4.48. The van der Waals surface area contributed by atoms with Crippen molar-refractivity contribution in [3.63, 3.8) is 0 Å². The van der Waals surface area contributed by atoms with Crippen molar-refractivity contribution in [1.29, 1.82) is 0 Å². The molecule has 210 valence electrons. The molecular formula is C28H31N5O7. The Bertz CT molecular complexity index is 1440. The Labute approximate surface area is 230 Å². The van der Waals surface area contributed by atoms with Gasteiger partial charge in [0.1, 0.15) is 23.1 Å². The summed E-state index contributed by atoms with van der Waals surface area (Å²) in [5, 5.41) is 13.0. The predicted octanol–water partition coefficient (Wildman–Crippen LogP) is 3.08. The number of carbonyl (C=O) groups excluding carboxylic acids is 4. The summed E-state index contributed by atoms with van der Waals surface area (Å²) in [5.74, 6) is 0.390. The summed E-state index contributed by atoms with van der Waals surface area (Å²) in [4.78, 5) is 50.7. The Morgan fingerprint density at radius 3 is 2.70 bits per heavy atom. The van der Waals surface area contributed by atoms with E-state index in [1.165, 1.54) is 4.90 Å². The number of carbonyl (C=O) groups is 4. The molecule has 12 heteroatoms. The van der Waals surface area contributed by atoms with Crippen molar-refractivity contribution in [3.8, 4) is 17.2 Å². The van der Waals surface area contributed by atoms with E-state index in [4.69, 9.17) is 13.8 Å². The number of unbranched alkanes of at least 4 members (excludes halogenated alkanes) is 3. The minimum absolute atomic E-state index is 0.202. The second kappa shape index (κ2) is 11.7. The van der Waals surface area contributed by atoms with Crippen LogP contribution in [0.3, 0.4) is 0 Å². The molecular weight excluding hydrogens is 518 g/mol. The lowest BCUT2D eigenvalue weighted by atomic mass is 10.0. The second-order valence-electron chi connectivity index (χ2n) is 10.0. The molecule has 3 aromatic rings. The molecule has 1 atom stereocenters. The number of nitrogens with zero attached hydrogens (tertiary/aromatic N) is 3. The van der Waals surface area contributed by atoms with E-state index in [9.17, 15) is 19.2 Å². The highest BCUT2D eigenvalue weighted by molar-refractivity contribution is 6.05. The molecule has 4 amide bonds. The van der Waals surface area contributed by atoms with E-state index in [1.807, 2.05) is 6.07 Å². The summed E-state index contributed by atoms with van der Waals surface area (Å²) >= 11 is 0. The van der Waals surface area contributed by atoms with Crippen molar-refractivity contribution in [2.75, 3.05) is 13.2 Å². The number of amides is 4. The van der Waals surface area contributed by atoms with E-state index in [0.717, 1.165) is 31.2 Å². The molecule has 12 nitrogen and oxygen atoms in total. The molecule has 0 saturated carbocycles. The zero-order chi connectivity index (χ0) is 28.2. The summed E-state index contributed by atoms with van der Waals surface area (Å²) in [5.41, 5.74) is 2.66. The fourth-order valence-electron chi connectivity index (χ4n) is 4.99. The number of rotatable bonds is 11. The smallest absolute Gasteiger partial charge is 0.257 e. The molecule has 2 aliphatic rings. The molecule has 1 aromatic carbocycles. The van der Waals surface area contributed by atoms with Crippen molar-refractivity contribution >= 4 is 23.6 Å². The van der Waals surface area contributed by atoms with E-state index in [-0.39, 0.29) is 24.1 Å². The number of fused-ring (bicyclic) bond motifs is 1. The maximum Gasteiger partial charge on any atom is 0.257 e. The molecule has 0 radical (unpaired) electrons. The molecule has 0 spiro atoms. The quantitative estimate of drug-likeness (QED) is 0.271. The largest absolute Gasteiger partial charge is 0.494 e. The summed E-state index contributed by atoms with van der Waals surface area (Å²) in [6.07, 6.45) is 4.06. The lowest BCUT2D eigenvalue weighted by molar-refractivity contribution is -0.136. The lowest BCUT2D eigenvalue weighted by Crippen LogP contribution is -2.52. The van der Waals surface area contributed by atoms with E-state index < -0.39 is 11.9 Å². The molecule has 2 N–H and O–H groups in total. The Kier molecular flexibility index (Phi) is 7.94. The van der Waals surface area contributed by atoms with Crippen molar-refractivity contribution < 1.29 is 33.0 Å². The number of hydrogen-bond acceptors (Lipinski definition) is 9. The highest BCUT2D eigenvalue weighted by atomic mass is 16.5. The van der Waals surface area contributed by atoms with Gasteiger partial charge in [-0.1, -0.05) is 23.2 Å². The van der Waals surface area contributed by atoms with Crippen LogP contribution in [0, 0.1) is 13.8 Å². The summed E-state index contributed by atoms with van der Waals surface area (Å²) in [6, 6.07) is 6.40. The first kappa shape index (κ1) is 27.1. The molecule has 0 bridgehead atoms. The third kappa shape index (κ3) is 5.75. The topological polar surface area (TPSA) is 157 Å². The van der Waals surface area contributed by atoms with Gasteiger partial charge in [0, 0.05) is 31.1 Å². The zero-order valence-corrected chi connectivity index (χ0v) is 22.5. The highest BCUT2D eigenvalue weighted by Crippen LogP contribution is 2.30. The van der Waals surface area contributed by atoms with Crippen LogP contribution < -0.4 is 15.4 Å². The van der Waals surface area contributed by atoms with Crippen molar-refractivity contribution in [3.05, 3.63) is 52.4 Å². The van der Waals surface area contributed by atoms with E-state index in [2.05, 4.69) is 20.9 Å². The van der Waals surface area contributed by atoms with Crippen LogP contribution in [0.2, 0.25) is 0 Å². The standard InChI is InChI=1S/C28H31N5O7/c1-16-13-21(32-39-16)25-24(17(2)31-40-25)27(36)29-11-5-3-4-6-12-38-19-7-8-20-18(14-19)15-33(28(20)37)22-9-10-23(34)30-26(22)35/h7-8,13-14,22H,3-6,9-12,15H2,1-2H3,(H,29,36)(H,30,34,35). The second-order valence-corrected chi connectivity index (χ2v) is 10.0. The molecule has 40 heavy (non-hydrogen) atoms. The van der Waals surface area contributed by atoms with Crippen LogP contribution in [0.5, 0.6) is 5.75 Å². The van der Waals surface area contributed by atoms with Crippen LogP contribution in [-0.2, 0) is 16.1 Å². The first-order valence-corrected chi connectivity index (χ1v) is 13.4.